The van der Waals surface area contributed by atoms with Crippen LogP contribution in [0.3, 0.4) is 0 Å². The van der Waals surface area contributed by atoms with E-state index in [0.717, 1.165) is 44.3 Å². The molecule has 0 unspecified atom stereocenters. The van der Waals surface area contributed by atoms with Crippen molar-refractivity contribution in [2.75, 3.05) is 18.4 Å². The van der Waals surface area contributed by atoms with Crippen molar-refractivity contribution in [3.05, 3.63) is 42.5 Å². The van der Waals surface area contributed by atoms with Crippen LogP contribution in [-0.4, -0.2) is 42.3 Å². The number of benzene rings is 1. The van der Waals surface area contributed by atoms with Gasteiger partial charge in [-0.05, 0) is 69.0 Å². The Labute approximate surface area is 172 Å². The fourth-order valence-corrected chi connectivity index (χ4v) is 4.54. The van der Waals surface area contributed by atoms with Gasteiger partial charge < -0.3 is 20.5 Å². The third-order valence-corrected chi connectivity index (χ3v) is 5.92. The van der Waals surface area contributed by atoms with Crippen molar-refractivity contribution in [3.63, 3.8) is 0 Å². The van der Waals surface area contributed by atoms with E-state index in [2.05, 4.69) is 22.8 Å². The van der Waals surface area contributed by atoms with Gasteiger partial charge in [-0.2, -0.15) is 0 Å². The van der Waals surface area contributed by atoms with Gasteiger partial charge in [0.15, 0.2) is 0 Å². The number of hydrogen-bond donors (Lipinski definition) is 3. The Bertz CT molecular complexity index is 691. The van der Waals surface area contributed by atoms with E-state index in [1.165, 1.54) is 0 Å². The first-order valence-electron chi connectivity index (χ1n) is 10.7. The van der Waals surface area contributed by atoms with Gasteiger partial charge in [-0.25, -0.2) is 0 Å². The molecule has 3 N–H and O–H groups in total. The van der Waals surface area contributed by atoms with Gasteiger partial charge in [0.1, 0.15) is 0 Å². The number of carboxylic acid groups (broad SMARTS) is 1. The normalized spacial score (nSPS) is 25.5. The lowest BCUT2D eigenvalue weighted by Gasteiger charge is -2.27. The molecule has 0 spiro atoms. The molecule has 0 aromatic heterocycles. The second-order valence-electron chi connectivity index (χ2n) is 7.99. The molecule has 29 heavy (non-hydrogen) atoms. The van der Waals surface area contributed by atoms with Crippen LogP contribution in [0.1, 0.15) is 44.9 Å². The lowest BCUT2D eigenvalue weighted by atomic mass is 9.76. The van der Waals surface area contributed by atoms with Gasteiger partial charge in [-0.15, -0.1) is 0 Å². The third kappa shape index (κ3) is 6.68. The average Bonchev–Trinajstić information content (AvgIpc) is 3.30. The lowest BCUT2D eigenvalue weighted by molar-refractivity contribution is -0.137. The predicted octanol–water partition coefficient (Wildman–Crippen LogP) is 3.60. The number of para-hydroxylation sites is 1. The van der Waals surface area contributed by atoms with E-state index in [-0.39, 0.29) is 12.3 Å². The average molecular weight is 401 g/mol. The number of carbonyl (C=O) groups is 2. The SMILES string of the molecule is O=C(O)CCC/C=C\C[C@H]1[C@H](CCNCC(=O)Nc2ccccc2)[C@@H]2CC[C@H]1O2. The molecule has 0 radical (unpaired) electrons. The van der Waals surface area contributed by atoms with Crippen LogP contribution in [0, 0.1) is 11.8 Å². The number of nitrogens with one attached hydrogen (secondary N) is 2. The molecule has 2 saturated heterocycles. The molecule has 3 rings (SSSR count). The van der Waals surface area contributed by atoms with Crippen LogP contribution in [0.25, 0.3) is 0 Å². The van der Waals surface area contributed by atoms with E-state index in [0.29, 0.717) is 37.0 Å². The zero-order chi connectivity index (χ0) is 20.5. The van der Waals surface area contributed by atoms with Crippen molar-refractivity contribution in [1.82, 2.24) is 5.32 Å². The molecule has 0 aliphatic carbocycles. The maximum atomic E-state index is 12.0. The highest BCUT2D eigenvalue weighted by molar-refractivity contribution is 5.92. The van der Waals surface area contributed by atoms with Crippen molar-refractivity contribution in [2.24, 2.45) is 11.8 Å². The summed E-state index contributed by atoms with van der Waals surface area (Å²) in [7, 11) is 0. The molecule has 1 aromatic carbocycles. The maximum absolute atomic E-state index is 12.0. The number of fused-ring (bicyclic) bond motifs is 2. The molecule has 0 saturated carbocycles. The quantitative estimate of drug-likeness (QED) is 0.369. The standard InChI is InChI=1S/C23H32N2O4/c26-22(25-17-8-4-3-5-9-17)16-24-15-14-19-18(20-12-13-21(19)29-20)10-6-1-2-7-11-23(27)28/h1,3-6,8-9,18-21,24H,2,7,10-16H2,(H,25,26)(H,27,28)/b6-1-/t18-,19-,20+,21-/m0/s1. The highest BCUT2D eigenvalue weighted by Crippen LogP contribution is 2.46. The van der Waals surface area contributed by atoms with Gasteiger partial charge in [0, 0.05) is 12.1 Å². The van der Waals surface area contributed by atoms with E-state index >= 15 is 0 Å². The Morgan fingerprint density at radius 3 is 2.62 bits per heavy atom. The van der Waals surface area contributed by atoms with Crippen LogP contribution in [-0.2, 0) is 14.3 Å². The van der Waals surface area contributed by atoms with Crippen molar-refractivity contribution in [2.45, 2.75) is 57.2 Å². The first kappa shape index (κ1) is 21.5. The molecule has 6 heteroatoms. The molecule has 2 bridgehead atoms. The van der Waals surface area contributed by atoms with Crippen molar-refractivity contribution >= 4 is 17.6 Å². The zero-order valence-electron chi connectivity index (χ0n) is 16.9. The van der Waals surface area contributed by atoms with E-state index in [1.54, 1.807) is 0 Å². The van der Waals surface area contributed by atoms with Gasteiger partial charge in [0.25, 0.3) is 0 Å². The minimum atomic E-state index is -0.732. The van der Waals surface area contributed by atoms with Crippen LogP contribution in [0.5, 0.6) is 0 Å². The molecule has 4 atom stereocenters. The number of carboxylic acids is 1. The summed E-state index contributed by atoms with van der Waals surface area (Å²) in [6, 6.07) is 9.49. The molecule has 2 aliphatic heterocycles. The molecular weight excluding hydrogens is 368 g/mol. The summed E-state index contributed by atoms with van der Waals surface area (Å²) in [5.41, 5.74) is 0.816. The zero-order valence-corrected chi connectivity index (χ0v) is 16.9. The number of anilines is 1. The molecule has 2 fully saturated rings. The fraction of sp³-hybridized carbons (Fsp3) is 0.565. The summed E-state index contributed by atoms with van der Waals surface area (Å²) in [6.45, 7) is 1.11. The topological polar surface area (TPSA) is 87.7 Å². The van der Waals surface area contributed by atoms with Crippen molar-refractivity contribution in [3.8, 4) is 0 Å². The predicted molar refractivity (Wildman–Crippen MR) is 113 cm³/mol. The fourth-order valence-electron chi connectivity index (χ4n) is 4.54. The second-order valence-corrected chi connectivity index (χ2v) is 7.99. The van der Waals surface area contributed by atoms with E-state index < -0.39 is 5.97 Å². The monoisotopic (exact) mass is 400 g/mol. The number of amides is 1. The number of rotatable bonds is 12. The minimum Gasteiger partial charge on any atom is -0.481 e. The van der Waals surface area contributed by atoms with Crippen LogP contribution in [0.2, 0.25) is 0 Å². The summed E-state index contributed by atoms with van der Waals surface area (Å²) in [6.07, 6.45) is 11.0. The molecule has 6 nitrogen and oxygen atoms in total. The molecule has 2 heterocycles. The second kappa shape index (κ2) is 11.1. The van der Waals surface area contributed by atoms with Gasteiger partial charge >= 0.3 is 5.97 Å². The Balaban J connectivity index is 1.35. The maximum Gasteiger partial charge on any atom is 0.303 e. The number of unbranched alkanes of at least 4 members (excludes halogenated alkanes) is 1. The number of aliphatic carboxylic acids is 1. The van der Waals surface area contributed by atoms with Gasteiger partial charge in [0.05, 0.1) is 18.8 Å². The van der Waals surface area contributed by atoms with Crippen LogP contribution < -0.4 is 10.6 Å². The van der Waals surface area contributed by atoms with Crippen LogP contribution >= 0.6 is 0 Å². The first-order chi connectivity index (χ1) is 14.1. The Morgan fingerprint density at radius 1 is 1.10 bits per heavy atom. The third-order valence-electron chi connectivity index (χ3n) is 5.92. The largest absolute Gasteiger partial charge is 0.481 e. The molecule has 1 amide bonds. The molecular formula is C23H32N2O4. The first-order valence-corrected chi connectivity index (χ1v) is 10.7. The van der Waals surface area contributed by atoms with Gasteiger partial charge in [-0.3, -0.25) is 9.59 Å². The number of hydrogen-bond acceptors (Lipinski definition) is 4. The summed E-state index contributed by atoms with van der Waals surface area (Å²) >= 11 is 0. The van der Waals surface area contributed by atoms with Crippen molar-refractivity contribution < 1.29 is 19.4 Å². The van der Waals surface area contributed by atoms with Crippen LogP contribution in [0.15, 0.2) is 42.5 Å². The highest BCUT2D eigenvalue weighted by atomic mass is 16.5. The Hall–Kier alpha value is -2.18. The van der Waals surface area contributed by atoms with Gasteiger partial charge in [0.2, 0.25) is 5.91 Å². The number of allylic oxidation sites excluding steroid dienone is 2. The summed E-state index contributed by atoms with van der Waals surface area (Å²) in [4.78, 5) is 22.6. The van der Waals surface area contributed by atoms with Crippen molar-refractivity contribution in [1.29, 1.82) is 0 Å². The minimum absolute atomic E-state index is 0.0266. The Morgan fingerprint density at radius 2 is 1.86 bits per heavy atom. The smallest absolute Gasteiger partial charge is 0.303 e. The summed E-state index contributed by atoms with van der Waals surface area (Å²) < 4.78 is 6.15. The summed E-state index contributed by atoms with van der Waals surface area (Å²) in [5, 5.41) is 14.8. The number of ether oxygens (including phenoxy) is 1. The molecule has 158 valence electrons. The lowest BCUT2D eigenvalue weighted by Crippen LogP contribution is -2.33. The van der Waals surface area contributed by atoms with Gasteiger partial charge in [-0.1, -0.05) is 30.4 Å². The Kier molecular flexibility index (Phi) is 8.25. The van der Waals surface area contributed by atoms with Crippen LogP contribution in [0.4, 0.5) is 5.69 Å². The van der Waals surface area contributed by atoms with E-state index in [4.69, 9.17) is 9.84 Å². The number of carbonyl (C=O) groups excluding carboxylic acids is 1. The van der Waals surface area contributed by atoms with E-state index in [9.17, 15) is 9.59 Å². The summed E-state index contributed by atoms with van der Waals surface area (Å²) in [5.74, 6) is 0.303. The molecule has 1 aromatic rings. The molecule has 2 aliphatic rings. The van der Waals surface area contributed by atoms with E-state index in [1.807, 2.05) is 30.3 Å². The highest BCUT2D eigenvalue weighted by Gasteiger charge is 2.47.